The molecule has 0 aliphatic carbocycles. The molecule has 2 rings (SSSR count). The molecule has 18 heavy (non-hydrogen) atoms. The maximum atomic E-state index is 11.3. The Balaban J connectivity index is 2.42. The van der Waals surface area contributed by atoms with Crippen LogP contribution in [0.25, 0.3) is 4.96 Å². The van der Waals surface area contributed by atoms with Crippen molar-refractivity contribution in [3.8, 4) is 0 Å². The van der Waals surface area contributed by atoms with Gasteiger partial charge in [0, 0.05) is 31.3 Å². The number of aromatic nitrogens is 2. The Morgan fingerprint density at radius 2 is 2.39 bits per heavy atom. The Kier molecular flexibility index (Phi) is 3.98. The van der Waals surface area contributed by atoms with Gasteiger partial charge in [-0.3, -0.25) is 9.20 Å². The lowest BCUT2D eigenvalue weighted by molar-refractivity contribution is 0.111. The normalized spacial score (nSPS) is 11.3. The van der Waals surface area contributed by atoms with E-state index in [-0.39, 0.29) is 6.04 Å². The molecule has 6 heteroatoms. The minimum atomic E-state index is 0.267. The van der Waals surface area contributed by atoms with Gasteiger partial charge >= 0.3 is 0 Å². The molecular formula is C12H17N3O2S. The van der Waals surface area contributed by atoms with E-state index in [0.717, 1.165) is 23.6 Å². The number of carbonyl (C=O) groups excluding carboxylic acids is 1. The zero-order chi connectivity index (χ0) is 13.1. The van der Waals surface area contributed by atoms with Crippen LogP contribution in [-0.2, 0) is 4.74 Å². The van der Waals surface area contributed by atoms with E-state index in [9.17, 15) is 4.79 Å². The molecule has 2 aromatic rings. The molecular weight excluding hydrogens is 250 g/mol. The third-order valence-electron chi connectivity index (χ3n) is 2.82. The van der Waals surface area contributed by atoms with Crippen LogP contribution in [0.4, 0.5) is 5.82 Å². The second-order valence-corrected chi connectivity index (χ2v) is 5.15. The van der Waals surface area contributed by atoms with Crippen molar-refractivity contribution in [2.24, 2.45) is 0 Å². The van der Waals surface area contributed by atoms with Gasteiger partial charge in [0.15, 0.2) is 17.1 Å². The average Bonchev–Trinajstić information content (AvgIpc) is 2.89. The molecule has 0 unspecified atom stereocenters. The second kappa shape index (κ2) is 5.49. The van der Waals surface area contributed by atoms with Gasteiger partial charge in [-0.05, 0) is 13.8 Å². The van der Waals surface area contributed by atoms with E-state index in [1.54, 1.807) is 7.11 Å². The van der Waals surface area contributed by atoms with Crippen LogP contribution in [0.2, 0.25) is 0 Å². The van der Waals surface area contributed by atoms with Crippen LogP contribution in [0.15, 0.2) is 11.6 Å². The maximum Gasteiger partial charge on any atom is 0.196 e. The lowest BCUT2D eigenvalue weighted by Crippen LogP contribution is -2.34. The Morgan fingerprint density at radius 1 is 1.61 bits per heavy atom. The highest BCUT2D eigenvalue weighted by Gasteiger charge is 2.20. The van der Waals surface area contributed by atoms with Gasteiger partial charge in [-0.25, -0.2) is 4.98 Å². The molecule has 0 radical (unpaired) electrons. The number of carbonyl (C=O) groups is 1. The van der Waals surface area contributed by atoms with Gasteiger partial charge < -0.3 is 9.64 Å². The van der Waals surface area contributed by atoms with Gasteiger partial charge in [-0.2, -0.15) is 0 Å². The molecule has 0 amide bonds. The average molecular weight is 267 g/mol. The van der Waals surface area contributed by atoms with Gasteiger partial charge in [0.2, 0.25) is 0 Å². The molecule has 5 nitrogen and oxygen atoms in total. The number of hydrogen-bond donors (Lipinski definition) is 0. The highest BCUT2D eigenvalue weighted by atomic mass is 32.1. The van der Waals surface area contributed by atoms with E-state index in [2.05, 4.69) is 23.7 Å². The molecule has 0 saturated heterocycles. The number of ether oxygens (including phenoxy) is 1. The fourth-order valence-electron chi connectivity index (χ4n) is 1.91. The molecule has 0 spiro atoms. The van der Waals surface area contributed by atoms with Crippen molar-refractivity contribution in [1.29, 1.82) is 0 Å². The summed E-state index contributed by atoms with van der Waals surface area (Å²) < 4.78 is 6.94. The summed E-state index contributed by atoms with van der Waals surface area (Å²) in [5.41, 5.74) is 0.607. The summed E-state index contributed by atoms with van der Waals surface area (Å²) >= 11 is 1.53. The summed E-state index contributed by atoms with van der Waals surface area (Å²) in [6.07, 6.45) is 2.74. The van der Waals surface area contributed by atoms with Crippen molar-refractivity contribution in [3.05, 3.63) is 17.3 Å². The fraction of sp³-hybridized carbons (Fsp3) is 0.500. The van der Waals surface area contributed by atoms with Crippen molar-refractivity contribution in [3.63, 3.8) is 0 Å². The first-order chi connectivity index (χ1) is 8.69. The Bertz CT molecular complexity index is 532. The summed E-state index contributed by atoms with van der Waals surface area (Å²) in [7, 11) is 1.67. The van der Waals surface area contributed by atoms with Gasteiger partial charge in [0.25, 0.3) is 0 Å². The molecule has 0 saturated carbocycles. The SMILES string of the molecule is COCCN(c1nc2sccn2c1C=O)C(C)C. The van der Waals surface area contributed by atoms with Crippen molar-refractivity contribution in [1.82, 2.24) is 9.38 Å². The molecule has 0 N–H and O–H groups in total. The fourth-order valence-corrected chi connectivity index (χ4v) is 2.63. The topological polar surface area (TPSA) is 46.8 Å². The van der Waals surface area contributed by atoms with Crippen molar-refractivity contribution in [2.75, 3.05) is 25.2 Å². The number of nitrogens with zero attached hydrogens (tertiary/aromatic N) is 3. The summed E-state index contributed by atoms with van der Waals surface area (Å²) in [6, 6.07) is 0.267. The zero-order valence-corrected chi connectivity index (χ0v) is 11.6. The van der Waals surface area contributed by atoms with E-state index in [1.165, 1.54) is 11.3 Å². The van der Waals surface area contributed by atoms with Crippen LogP contribution in [-0.4, -0.2) is 42.0 Å². The Morgan fingerprint density at radius 3 is 3.00 bits per heavy atom. The molecule has 2 heterocycles. The van der Waals surface area contributed by atoms with Crippen molar-refractivity contribution in [2.45, 2.75) is 19.9 Å². The second-order valence-electron chi connectivity index (χ2n) is 4.27. The van der Waals surface area contributed by atoms with E-state index < -0.39 is 0 Å². The molecule has 0 aliphatic rings. The molecule has 0 aliphatic heterocycles. The van der Waals surface area contributed by atoms with E-state index in [4.69, 9.17) is 4.74 Å². The number of rotatable bonds is 6. The number of methoxy groups -OCH3 is 1. The number of aldehydes is 1. The first-order valence-corrected chi connectivity index (χ1v) is 6.73. The highest BCUT2D eigenvalue weighted by Crippen LogP contribution is 2.24. The minimum Gasteiger partial charge on any atom is -0.383 e. The smallest absolute Gasteiger partial charge is 0.196 e. The summed E-state index contributed by atoms with van der Waals surface area (Å²) in [5, 5.41) is 1.92. The molecule has 0 fully saturated rings. The quantitative estimate of drug-likeness (QED) is 0.752. The number of anilines is 1. The lowest BCUT2D eigenvalue weighted by atomic mass is 10.3. The molecule has 0 aromatic carbocycles. The van der Waals surface area contributed by atoms with Crippen LogP contribution >= 0.6 is 11.3 Å². The Labute approximate surface area is 110 Å². The van der Waals surface area contributed by atoms with Crippen molar-refractivity contribution >= 4 is 28.4 Å². The minimum absolute atomic E-state index is 0.267. The number of thiazole rings is 1. The third kappa shape index (κ3) is 2.26. The van der Waals surface area contributed by atoms with E-state index in [0.29, 0.717) is 12.3 Å². The summed E-state index contributed by atoms with van der Waals surface area (Å²) in [4.78, 5) is 18.8. The molecule has 2 aromatic heterocycles. The predicted molar refractivity (Wildman–Crippen MR) is 72.8 cm³/mol. The summed E-state index contributed by atoms with van der Waals surface area (Å²) in [5.74, 6) is 0.740. The largest absolute Gasteiger partial charge is 0.383 e. The lowest BCUT2D eigenvalue weighted by Gasteiger charge is -2.26. The van der Waals surface area contributed by atoms with Crippen molar-refractivity contribution < 1.29 is 9.53 Å². The van der Waals surface area contributed by atoms with E-state index >= 15 is 0 Å². The Hall–Kier alpha value is -1.40. The van der Waals surface area contributed by atoms with Gasteiger partial charge in [0.05, 0.1) is 6.61 Å². The monoisotopic (exact) mass is 267 g/mol. The van der Waals surface area contributed by atoms with Crippen LogP contribution in [0, 0.1) is 0 Å². The zero-order valence-electron chi connectivity index (χ0n) is 10.8. The molecule has 0 bridgehead atoms. The van der Waals surface area contributed by atoms with Crippen LogP contribution in [0.3, 0.4) is 0 Å². The number of imidazole rings is 1. The third-order valence-corrected chi connectivity index (χ3v) is 3.58. The predicted octanol–water partition coefficient (Wildman–Crippen LogP) is 2.07. The summed E-state index contributed by atoms with van der Waals surface area (Å²) in [6.45, 7) is 5.50. The van der Waals surface area contributed by atoms with Crippen LogP contribution in [0.5, 0.6) is 0 Å². The first kappa shape index (κ1) is 13.0. The highest BCUT2D eigenvalue weighted by molar-refractivity contribution is 7.15. The van der Waals surface area contributed by atoms with Gasteiger partial charge in [0.1, 0.15) is 5.69 Å². The van der Waals surface area contributed by atoms with Gasteiger partial charge in [-0.1, -0.05) is 0 Å². The van der Waals surface area contributed by atoms with Crippen LogP contribution < -0.4 is 4.90 Å². The molecule has 0 atom stereocenters. The molecule has 98 valence electrons. The van der Waals surface area contributed by atoms with Gasteiger partial charge in [-0.15, -0.1) is 11.3 Å². The van der Waals surface area contributed by atoms with Crippen LogP contribution in [0.1, 0.15) is 24.3 Å². The standard InChI is InChI=1S/C12H17N3O2S/c1-9(2)14(4-6-17-3)11-10(8-16)15-5-7-18-12(15)13-11/h5,7-9H,4,6H2,1-3H3. The first-order valence-electron chi connectivity index (χ1n) is 5.85. The number of fused-ring (bicyclic) bond motifs is 1. The van der Waals surface area contributed by atoms with E-state index in [1.807, 2.05) is 16.0 Å². The number of hydrogen-bond acceptors (Lipinski definition) is 5. The maximum absolute atomic E-state index is 11.3.